The summed E-state index contributed by atoms with van der Waals surface area (Å²) in [5.74, 6) is 2.17. The Morgan fingerprint density at radius 2 is 1.75 bits per heavy atom. The first-order chi connectivity index (χ1) is 17.3. The summed E-state index contributed by atoms with van der Waals surface area (Å²) in [6.07, 6.45) is 18.5. The Labute approximate surface area is 220 Å². The lowest BCUT2D eigenvalue weighted by Crippen LogP contribution is -2.47. The lowest BCUT2D eigenvalue weighted by atomic mass is 9.52. The summed E-state index contributed by atoms with van der Waals surface area (Å²) in [4.78, 5) is 11.3. The smallest absolute Gasteiger partial charge is 0.306 e. The minimum absolute atomic E-state index is 0.101. The summed E-state index contributed by atoms with van der Waals surface area (Å²) >= 11 is 0. The molecule has 0 heterocycles. The number of carboxylic acids is 1. The van der Waals surface area contributed by atoms with Gasteiger partial charge < -0.3 is 10.2 Å². The number of hydrogen-bond acceptors (Lipinski definition) is 2. The highest BCUT2D eigenvalue weighted by Gasteiger charge is 2.56. The normalized spacial score (nSPS) is 31.9. The predicted octanol–water partition coefficient (Wildman–Crippen LogP) is 8.45. The van der Waals surface area contributed by atoms with E-state index in [9.17, 15) is 15.0 Å². The summed E-state index contributed by atoms with van der Waals surface area (Å²) in [7, 11) is 0. The van der Waals surface area contributed by atoms with Crippen LogP contribution in [0.15, 0.2) is 18.2 Å². The Morgan fingerprint density at radius 1 is 1.03 bits per heavy atom. The van der Waals surface area contributed by atoms with Gasteiger partial charge in [0.15, 0.2) is 0 Å². The number of aliphatic hydroxyl groups excluding tert-OH is 1. The fraction of sp³-hybridized carbons (Fsp3) is 0.788. The van der Waals surface area contributed by atoms with E-state index in [1.165, 1.54) is 76.2 Å². The molecule has 3 aliphatic rings. The van der Waals surface area contributed by atoms with Gasteiger partial charge in [0.1, 0.15) is 0 Å². The molecule has 0 radical (unpaired) electrons. The van der Waals surface area contributed by atoms with Crippen molar-refractivity contribution in [2.24, 2.45) is 29.1 Å². The van der Waals surface area contributed by atoms with Crippen LogP contribution in [0.1, 0.15) is 133 Å². The van der Waals surface area contributed by atoms with Crippen LogP contribution in [-0.2, 0) is 11.2 Å². The van der Waals surface area contributed by atoms with E-state index in [1.807, 2.05) is 0 Å². The molecule has 7 atom stereocenters. The summed E-state index contributed by atoms with van der Waals surface area (Å²) in [5, 5.41) is 20.2. The Hall–Kier alpha value is -1.35. The molecule has 0 aromatic heterocycles. The van der Waals surface area contributed by atoms with Gasteiger partial charge in [-0.2, -0.15) is 0 Å². The van der Waals surface area contributed by atoms with E-state index in [2.05, 4.69) is 39.0 Å². The van der Waals surface area contributed by atoms with E-state index in [1.54, 1.807) is 11.1 Å². The molecular formula is C33H52O3. The van der Waals surface area contributed by atoms with E-state index in [4.69, 9.17) is 0 Å². The molecule has 0 amide bonds. The second-order valence-electron chi connectivity index (χ2n) is 13.0. The fourth-order valence-corrected chi connectivity index (χ4v) is 8.59. The van der Waals surface area contributed by atoms with Gasteiger partial charge in [-0.1, -0.05) is 89.0 Å². The summed E-state index contributed by atoms with van der Waals surface area (Å²) < 4.78 is 0. The van der Waals surface area contributed by atoms with Crippen molar-refractivity contribution in [3.05, 3.63) is 34.9 Å². The summed E-state index contributed by atoms with van der Waals surface area (Å²) in [6, 6.07) is 7.22. The molecule has 0 spiro atoms. The predicted molar refractivity (Wildman–Crippen MR) is 148 cm³/mol. The van der Waals surface area contributed by atoms with Crippen molar-refractivity contribution in [2.75, 3.05) is 0 Å². The van der Waals surface area contributed by atoms with Crippen molar-refractivity contribution < 1.29 is 15.0 Å². The van der Waals surface area contributed by atoms with Gasteiger partial charge in [-0.25, -0.2) is 0 Å². The minimum atomic E-state index is -0.607. The number of hydrogen-bond donors (Lipinski definition) is 2. The largest absolute Gasteiger partial charge is 0.481 e. The van der Waals surface area contributed by atoms with Gasteiger partial charge in [0.05, 0.1) is 12.0 Å². The first kappa shape index (κ1) is 27.7. The van der Waals surface area contributed by atoms with Crippen LogP contribution in [0.25, 0.3) is 0 Å². The molecule has 2 N–H and O–H groups in total. The maximum Gasteiger partial charge on any atom is 0.306 e. The van der Waals surface area contributed by atoms with E-state index < -0.39 is 5.97 Å². The maximum absolute atomic E-state index is 11.3. The minimum Gasteiger partial charge on any atom is -0.481 e. The molecule has 3 nitrogen and oxygen atoms in total. The summed E-state index contributed by atoms with van der Waals surface area (Å²) in [5.41, 5.74) is 4.78. The maximum atomic E-state index is 11.3. The molecule has 2 saturated carbocycles. The highest BCUT2D eigenvalue weighted by Crippen LogP contribution is 2.62. The third kappa shape index (κ3) is 6.03. The lowest BCUT2D eigenvalue weighted by molar-refractivity contribution is -0.142. The zero-order valence-corrected chi connectivity index (χ0v) is 23.3. The Balaban J connectivity index is 1.26. The first-order valence-corrected chi connectivity index (χ1v) is 15.4. The highest BCUT2D eigenvalue weighted by atomic mass is 16.4. The van der Waals surface area contributed by atoms with Crippen LogP contribution in [0, 0.1) is 36.0 Å². The number of aliphatic carboxylic acids is 1. The first-order valence-electron chi connectivity index (χ1n) is 15.4. The van der Waals surface area contributed by atoms with Crippen molar-refractivity contribution in [1.29, 1.82) is 0 Å². The van der Waals surface area contributed by atoms with Crippen LogP contribution in [0.4, 0.5) is 0 Å². The third-order valence-electron chi connectivity index (χ3n) is 10.6. The second-order valence-corrected chi connectivity index (χ2v) is 13.0. The number of aryl methyl sites for hydroxylation is 1. The van der Waals surface area contributed by atoms with Crippen molar-refractivity contribution in [1.82, 2.24) is 0 Å². The standard InChI is InChI=1S/C33H52O3/c1-4-12-24(32(35)36)13-10-8-6-5-7-9-11-14-25-22-26-21-23(2)15-16-27(26)28-19-20-33(3)29(31(25)28)17-18-30(33)34/h15-16,21,24-25,28-31,34H,4-14,17-20,22H2,1-3H3,(H,35,36)/t24-,25+,28?,29?,30-,31?,33-/m0/s1. The molecule has 1 aromatic rings. The molecule has 0 aliphatic heterocycles. The van der Waals surface area contributed by atoms with Gasteiger partial charge in [0.2, 0.25) is 0 Å². The lowest BCUT2D eigenvalue weighted by Gasteiger charge is -2.53. The fourth-order valence-electron chi connectivity index (χ4n) is 8.59. The highest BCUT2D eigenvalue weighted by molar-refractivity contribution is 5.69. The molecule has 0 bridgehead atoms. The van der Waals surface area contributed by atoms with Crippen molar-refractivity contribution in [2.45, 2.75) is 136 Å². The van der Waals surface area contributed by atoms with Gasteiger partial charge in [0, 0.05) is 0 Å². The average Bonchev–Trinajstić information content (AvgIpc) is 3.15. The van der Waals surface area contributed by atoms with Gasteiger partial charge in [-0.3, -0.25) is 4.79 Å². The number of unbranched alkanes of at least 4 members (excludes halogenated alkanes) is 6. The second kappa shape index (κ2) is 12.5. The SMILES string of the molecule is CCC[C@@H](CCCCCCCCC[C@@H]1Cc2cc(C)ccc2C2CC[C@@]3(C)C(CC[C@@H]3O)C21)C(=O)O. The van der Waals surface area contributed by atoms with Gasteiger partial charge in [-0.15, -0.1) is 0 Å². The Morgan fingerprint density at radius 3 is 2.47 bits per heavy atom. The Kier molecular flexibility index (Phi) is 9.58. The van der Waals surface area contributed by atoms with E-state index in [0.29, 0.717) is 11.8 Å². The quantitative estimate of drug-likeness (QED) is 0.269. The van der Waals surface area contributed by atoms with E-state index in [0.717, 1.165) is 43.9 Å². The summed E-state index contributed by atoms with van der Waals surface area (Å²) in [6.45, 7) is 6.71. The Bertz CT molecular complexity index is 862. The molecule has 202 valence electrons. The number of carbonyl (C=O) groups is 1. The molecular weight excluding hydrogens is 444 g/mol. The van der Waals surface area contributed by atoms with Gasteiger partial charge in [-0.05, 0) is 98.5 Å². The molecule has 3 aliphatic carbocycles. The number of benzene rings is 1. The van der Waals surface area contributed by atoms with Crippen LogP contribution in [0.5, 0.6) is 0 Å². The molecule has 36 heavy (non-hydrogen) atoms. The molecule has 0 saturated heterocycles. The molecule has 1 aromatic carbocycles. The van der Waals surface area contributed by atoms with E-state index >= 15 is 0 Å². The van der Waals surface area contributed by atoms with Crippen molar-refractivity contribution in [3.8, 4) is 0 Å². The topological polar surface area (TPSA) is 57.5 Å². The third-order valence-corrected chi connectivity index (χ3v) is 10.6. The number of rotatable bonds is 13. The van der Waals surface area contributed by atoms with Gasteiger partial charge in [0.25, 0.3) is 0 Å². The number of aliphatic hydroxyl groups is 1. The van der Waals surface area contributed by atoms with Crippen LogP contribution in [0.3, 0.4) is 0 Å². The molecule has 2 fully saturated rings. The van der Waals surface area contributed by atoms with Gasteiger partial charge >= 0.3 is 5.97 Å². The van der Waals surface area contributed by atoms with Crippen LogP contribution in [-0.4, -0.2) is 22.3 Å². The zero-order chi connectivity index (χ0) is 25.7. The van der Waals surface area contributed by atoms with Crippen molar-refractivity contribution >= 4 is 5.97 Å². The molecule has 4 rings (SSSR count). The van der Waals surface area contributed by atoms with Crippen molar-refractivity contribution in [3.63, 3.8) is 0 Å². The van der Waals surface area contributed by atoms with Crippen LogP contribution >= 0.6 is 0 Å². The number of fused-ring (bicyclic) bond motifs is 5. The average molecular weight is 497 g/mol. The number of carboxylic acid groups (broad SMARTS) is 1. The molecule has 3 unspecified atom stereocenters. The van der Waals surface area contributed by atoms with Crippen LogP contribution in [0.2, 0.25) is 0 Å². The monoisotopic (exact) mass is 496 g/mol. The molecule has 3 heteroatoms. The van der Waals surface area contributed by atoms with Crippen LogP contribution < -0.4 is 0 Å². The zero-order valence-electron chi connectivity index (χ0n) is 23.3. The van der Waals surface area contributed by atoms with E-state index in [-0.39, 0.29) is 17.4 Å².